The second kappa shape index (κ2) is 7.42. The van der Waals surface area contributed by atoms with Gasteiger partial charge >= 0.3 is 12.1 Å². The third-order valence-electron chi connectivity index (χ3n) is 4.43. The van der Waals surface area contributed by atoms with Gasteiger partial charge in [-0.15, -0.1) is 0 Å². The van der Waals surface area contributed by atoms with Crippen molar-refractivity contribution in [3.05, 3.63) is 41.9 Å². The van der Waals surface area contributed by atoms with Crippen LogP contribution in [0.15, 0.2) is 30.5 Å². The van der Waals surface area contributed by atoms with Crippen molar-refractivity contribution in [2.24, 2.45) is 5.92 Å². The van der Waals surface area contributed by atoms with Gasteiger partial charge in [0.15, 0.2) is 0 Å². The summed E-state index contributed by atoms with van der Waals surface area (Å²) in [5.74, 6) is 0.339. The standard InChI is InChI=1S/C20H25N3O4/c1-20(2,3)27-19(26)21-10-13-7-8-17-22-16(12-23(17)11-13)14-5-4-6-15(9-14)18(24)25/h4-6,9,12-13H,7-8,10-11H2,1-3H3,(H,21,26)(H,24,25). The number of aromatic carboxylic acids is 1. The van der Waals surface area contributed by atoms with Gasteiger partial charge in [-0.1, -0.05) is 12.1 Å². The molecule has 1 atom stereocenters. The molecule has 0 fully saturated rings. The van der Waals surface area contributed by atoms with Gasteiger partial charge in [-0.05, 0) is 45.2 Å². The van der Waals surface area contributed by atoms with Crippen LogP contribution in [-0.4, -0.2) is 38.9 Å². The minimum atomic E-state index is -0.950. The van der Waals surface area contributed by atoms with Gasteiger partial charge in [0.2, 0.25) is 0 Å². The van der Waals surface area contributed by atoms with Crippen molar-refractivity contribution < 1.29 is 19.4 Å². The molecule has 3 rings (SSSR count). The summed E-state index contributed by atoms with van der Waals surface area (Å²) in [6, 6.07) is 6.80. The molecular weight excluding hydrogens is 346 g/mol. The van der Waals surface area contributed by atoms with E-state index in [4.69, 9.17) is 9.84 Å². The van der Waals surface area contributed by atoms with Gasteiger partial charge in [0, 0.05) is 31.3 Å². The number of hydrogen-bond acceptors (Lipinski definition) is 4. The minimum absolute atomic E-state index is 0.248. The first-order valence-corrected chi connectivity index (χ1v) is 9.08. The first-order chi connectivity index (χ1) is 12.7. The van der Waals surface area contributed by atoms with Gasteiger partial charge in [-0.25, -0.2) is 14.6 Å². The summed E-state index contributed by atoms with van der Waals surface area (Å²) in [6.45, 7) is 6.83. The minimum Gasteiger partial charge on any atom is -0.478 e. The number of hydrogen-bond donors (Lipinski definition) is 2. The highest BCUT2D eigenvalue weighted by Gasteiger charge is 2.23. The van der Waals surface area contributed by atoms with E-state index < -0.39 is 17.7 Å². The number of rotatable bonds is 4. The number of amides is 1. The van der Waals surface area contributed by atoms with Crippen molar-refractivity contribution in [2.45, 2.75) is 45.8 Å². The van der Waals surface area contributed by atoms with Crippen LogP contribution in [0.5, 0.6) is 0 Å². The summed E-state index contributed by atoms with van der Waals surface area (Å²) < 4.78 is 7.36. The fourth-order valence-electron chi connectivity index (χ4n) is 3.17. The number of carbonyl (C=O) groups is 2. The maximum absolute atomic E-state index is 11.8. The monoisotopic (exact) mass is 371 g/mol. The molecule has 27 heavy (non-hydrogen) atoms. The Morgan fingerprint density at radius 1 is 1.37 bits per heavy atom. The van der Waals surface area contributed by atoms with E-state index in [1.165, 1.54) is 0 Å². The Morgan fingerprint density at radius 2 is 2.15 bits per heavy atom. The van der Waals surface area contributed by atoms with E-state index >= 15 is 0 Å². The van der Waals surface area contributed by atoms with Crippen LogP contribution in [0.3, 0.4) is 0 Å². The zero-order chi connectivity index (χ0) is 19.6. The lowest BCUT2D eigenvalue weighted by Crippen LogP contribution is -2.37. The van der Waals surface area contributed by atoms with E-state index in [0.29, 0.717) is 12.5 Å². The lowest BCUT2D eigenvalue weighted by Gasteiger charge is -2.25. The predicted molar refractivity (Wildman–Crippen MR) is 101 cm³/mol. The summed E-state index contributed by atoms with van der Waals surface area (Å²) in [4.78, 5) is 27.6. The lowest BCUT2D eigenvalue weighted by molar-refractivity contribution is 0.0514. The van der Waals surface area contributed by atoms with Gasteiger partial charge in [0.1, 0.15) is 11.4 Å². The summed E-state index contributed by atoms with van der Waals surface area (Å²) >= 11 is 0. The highest BCUT2D eigenvalue weighted by molar-refractivity contribution is 5.89. The molecule has 1 amide bonds. The smallest absolute Gasteiger partial charge is 0.407 e. The molecule has 1 aliphatic heterocycles. The number of alkyl carbamates (subject to hydrolysis) is 1. The third-order valence-corrected chi connectivity index (χ3v) is 4.43. The summed E-state index contributed by atoms with van der Waals surface area (Å²) in [6.07, 6.45) is 3.31. The Kier molecular flexibility index (Phi) is 5.21. The summed E-state index contributed by atoms with van der Waals surface area (Å²) in [7, 11) is 0. The molecule has 7 nitrogen and oxygen atoms in total. The number of benzene rings is 1. The molecule has 1 aromatic heterocycles. The molecule has 0 saturated carbocycles. The number of carbonyl (C=O) groups excluding carboxylic acids is 1. The molecule has 0 radical (unpaired) electrons. The Bertz CT molecular complexity index is 851. The summed E-state index contributed by atoms with van der Waals surface area (Å²) in [5, 5.41) is 12.0. The quantitative estimate of drug-likeness (QED) is 0.860. The maximum Gasteiger partial charge on any atom is 0.407 e. The number of nitrogens with zero attached hydrogens (tertiary/aromatic N) is 2. The number of carboxylic acid groups (broad SMARTS) is 1. The molecule has 0 saturated heterocycles. The topological polar surface area (TPSA) is 93.4 Å². The number of ether oxygens (including phenoxy) is 1. The van der Waals surface area contributed by atoms with Gasteiger partial charge in [-0.3, -0.25) is 0 Å². The molecule has 1 unspecified atom stereocenters. The van der Waals surface area contributed by atoms with Crippen molar-refractivity contribution in [2.75, 3.05) is 6.54 Å². The van der Waals surface area contributed by atoms with Crippen LogP contribution < -0.4 is 5.32 Å². The van der Waals surface area contributed by atoms with E-state index in [9.17, 15) is 9.59 Å². The second-order valence-electron chi connectivity index (χ2n) is 7.87. The number of nitrogens with one attached hydrogen (secondary N) is 1. The van der Waals surface area contributed by atoms with Crippen LogP contribution >= 0.6 is 0 Å². The Balaban J connectivity index is 1.65. The SMILES string of the molecule is CC(C)(C)OC(=O)NCC1CCc2nc(-c3cccc(C(=O)O)c3)cn2C1. The van der Waals surface area contributed by atoms with Crippen molar-refractivity contribution in [1.82, 2.24) is 14.9 Å². The number of carboxylic acids is 1. The van der Waals surface area contributed by atoms with Gasteiger partial charge in [0.05, 0.1) is 11.3 Å². The molecule has 0 spiro atoms. The fraction of sp³-hybridized carbons (Fsp3) is 0.450. The average Bonchev–Trinajstić information content (AvgIpc) is 3.02. The summed E-state index contributed by atoms with van der Waals surface area (Å²) in [5.41, 5.74) is 1.31. The number of aromatic nitrogens is 2. The highest BCUT2D eigenvalue weighted by atomic mass is 16.6. The Morgan fingerprint density at radius 3 is 2.85 bits per heavy atom. The highest BCUT2D eigenvalue weighted by Crippen LogP contribution is 2.25. The lowest BCUT2D eigenvalue weighted by atomic mass is 9.99. The third kappa shape index (κ3) is 4.87. The normalized spacial score (nSPS) is 16.5. The molecular formula is C20H25N3O4. The first kappa shape index (κ1) is 18.9. The zero-order valence-corrected chi connectivity index (χ0v) is 15.9. The zero-order valence-electron chi connectivity index (χ0n) is 15.9. The molecule has 2 N–H and O–H groups in total. The number of fused-ring (bicyclic) bond motifs is 1. The first-order valence-electron chi connectivity index (χ1n) is 9.08. The molecule has 7 heteroatoms. The number of aryl methyl sites for hydroxylation is 1. The van der Waals surface area contributed by atoms with Crippen LogP contribution in [0.25, 0.3) is 11.3 Å². The van der Waals surface area contributed by atoms with Crippen LogP contribution in [-0.2, 0) is 17.7 Å². The Labute approximate surface area is 158 Å². The maximum atomic E-state index is 11.8. The van der Waals surface area contributed by atoms with Crippen LogP contribution in [0, 0.1) is 5.92 Å². The van der Waals surface area contributed by atoms with Gasteiger partial charge < -0.3 is 19.7 Å². The van der Waals surface area contributed by atoms with Crippen molar-refractivity contribution in [3.63, 3.8) is 0 Å². The van der Waals surface area contributed by atoms with E-state index in [1.807, 2.05) is 33.0 Å². The molecule has 2 heterocycles. The number of imidazole rings is 1. The fourth-order valence-corrected chi connectivity index (χ4v) is 3.17. The molecule has 0 bridgehead atoms. The van der Waals surface area contributed by atoms with Crippen molar-refractivity contribution >= 4 is 12.1 Å². The van der Waals surface area contributed by atoms with Crippen LogP contribution in [0.2, 0.25) is 0 Å². The van der Waals surface area contributed by atoms with E-state index in [2.05, 4.69) is 14.9 Å². The molecule has 1 aromatic carbocycles. The molecule has 144 valence electrons. The largest absolute Gasteiger partial charge is 0.478 e. The van der Waals surface area contributed by atoms with Gasteiger partial charge in [0.25, 0.3) is 0 Å². The molecule has 1 aliphatic rings. The van der Waals surface area contributed by atoms with E-state index in [0.717, 1.165) is 36.5 Å². The average molecular weight is 371 g/mol. The Hall–Kier alpha value is -2.83. The van der Waals surface area contributed by atoms with E-state index in [1.54, 1.807) is 18.2 Å². The predicted octanol–water partition coefficient (Wildman–Crippen LogP) is 3.34. The van der Waals surface area contributed by atoms with Crippen LogP contribution in [0.1, 0.15) is 43.4 Å². The molecule has 2 aromatic rings. The van der Waals surface area contributed by atoms with Crippen LogP contribution in [0.4, 0.5) is 4.79 Å². The van der Waals surface area contributed by atoms with Crippen molar-refractivity contribution in [1.29, 1.82) is 0 Å². The molecule has 0 aliphatic carbocycles. The van der Waals surface area contributed by atoms with Gasteiger partial charge in [-0.2, -0.15) is 0 Å². The van der Waals surface area contributed by atoms with Crippen molar-refractivity contribution in [3.8, 4) is 11.3 Å². The second-order valence-corrected chi connectivity index (χ2v) is 7.87. The van der Waals surface area contributed by atoms with E-state index in [-0.39, 0.29) is 5.56 Å².